The third-order valence-electron chi connectivity index (χ3n) is 5.29. The number of hydrogen-bond acceptors (Lipinski definition) is 4. The minimum Gasteiger partial charge on any atom is -0.397 e. The summed E-state index contributed by atoms with van der Waals surface area (Å²) in [5.74, 6) is 0.536. The highest BCUT2D eigenvalue weighted by atomic mass is 32.1. The fourth-order valence-corrected chi connectivity index (χ4v) is 4.71. The second-order valence-corrected chi connectivity index (χ2v) is 8.50. The summed E-state index contributed by atoms with van der Waals surface area (Å²) in [6.07, 6.45) is 4.57. The number of carbonyl (C=O) groups excluding carboxylic acids is 1. The van der Waals surface area contributed by atoms with Crippen LogP contribution in [0, 0.1) is 0 Å². The topological polar surface area (TPSA) is 59.2 Å². The van der Waals surface area contributed by atoms with Crippen molar-refractivity contribution in [2.75, 3.05) is 18.8 Å². The van der Waals surface area contributed by atoms with Crippen LogP contribution in [0.15, 0.2) is 24.3 Å². The second kappa shape index (κ2) is 6.88. The molecule has 1 amide bonds. The van der Waals surface area contributed by atoms with Crippen molar-refractivity contribution < 1.29 is 4.79 Å². The summed E-state index contributed by atoms with van der Waals surface area (Å²) < 4.78 is 0. The summed E-state index contributed by atoms with van der Waals surface area (Å²) in [4.78, 5) is 21.2. The summed E-state index contributed by atoms with van der Waals surface area (Å²) in [5.41, 5.74) is 9.23. The van der Waals surface area contributed by atoms with Gasteiger partial charge in [0.2, 0.25) is 0 Å². The highest BCUT2D eigenvalue weighted by Gasteiger charge is 2.23. The molecule has 4 rings (SSSR count). The van der Waals surface area contributed by atoms with Crippen molar-refractivity contribution in [3.63, 3.8) is 0 Å². The Morgan fingerprint density at radius 2 is 1.88 bits per heavy atom. The van der Waals surface area contributed by atoms with E-state index in [1.807, 2.05) is 4.90 Å². The van der Waals surface area contributed by atoms with Crippen molar-refractivity contribution in [3.05, 3.63) is 34.7 Å². The molecule has 5 heteroatoms. The Morgan fingerprint density at radius 3 is 2.58 bits per heavy atom. The largest absolute Gasteiger partial charge is 0.397 e. The van der Waals surface area contributed by atoms with Crippen LogP contribution >= 0.6 is 11.3 Å². The van der Waals surface area contributed by atoms with Gasteiger partial charge in [0.1, 0.15) is 9.71 Å². The first-order chi connectivity index (χ1) is 12.5. The highest BCUT2D eigenvalue weighted by molar-refractivity contribution is 7.21. The maximum absolute atomic E-state index is 13.0. The third kappa shape index (κ3) is 3.05. The quantitative estimate of drug-likeness (QED) is 0.679. The van der Waals surface area contributed by atoms with Crippen molar-refractivity contribution in [2.45, 2.75) is 45.4 Å². The molecule has 2 N–H and O–H groups in total. The van der Waals surface area contributed by atoms with Gasteiger partial charge in [-0.3, -0.25) is 4.79 Å². The molecule has 26 heavy (non-hydrogen) atoms. The van der Waals surface area contributed by atoms with Gasteiger partial charge >= 0.3 is 0 Å². The smallest absolute Gasteiger partial charge is 0.266 e. The van der Waals surface area contributed by atoms with Crippen LogP contribution in [0.3, 0.4) is 0 Å². The predicted octanol–water partition coefficient (Wildman–Crippen LogP) is 5.17. The number of amides is 1. The molecule has 0 saturated carbocycles. The van der Waals surface area contributed by atoms with Crippen LogP contribution in [0.25, 0.3) is 21.1 Å². The van der Waals surface area contributed by atoms with Crippen LogP contribution in [0.5, 0.6) is 0 Å². The summed E-state index contributed by atoms with van der Waals surface area (Å²) >= 11 is 1.43. The monoisotopic (exact) mass is 367 g/mol. The second-order valence-electron chi connectivity index (χ2n) is 7.50. The predicted molar refractivity (Wildman–Crippen MR) is 110 cm³/mol. The minimum atomic E-state index is 0.0688. The number of hydrogen-bond donors (Lipinski definition) is 1. The van der Waals surface area contributed by atoms with Crippen LogP contribution in [0.2, 0.25) is 0 Å². The Balaban J connectivity index is 1.77. The average molecular weight is 368 g/mol. The number of fused-ring (bicyclic) bond motifs is 2. The Labute approximate surface area is 158 Å². The molecule has 4 nitrogen and oxygen atoms in total. The molecule has 0 bridgehead atoms. The van der Waals surface area contributed by atoms with E-state index in [1.54, 1.807) is 0 Å². The molecule has 1 aliphatic heterocycles. The number of nitrogen functional groups attached to an aromatic ring is 1. The lowest BCUT2D eigenvalue weighted by Gasteiger charge is -2.19. The molecule has 0 spiro atoms. The zero-order valence-corrected chi connectivity index (χ0v) is 16.2. The molecule has 136 valence electrons. The van der Waals surface area contributed by atoms with Gasteiger partial charge in [-0.2, -0.15) is 0 Å². The van der Waals surface area contributed by atoms with E-state index in [1.165, 1.54) is 29.7 Å². The van der Waals surface area contributed by atoms with E-state index >= 15 is 0 Å². The number of thiophene rings is 1. The van der Waals surface area contributed by atoms with Crippen LogP contribution < -0.4 is 5.73 Å². The molecule has 0 unspecified atom stereocenters. The lowest BCUT2D eigenvalue weighted by molar-refractivity contribution is 0.0767. The number of nitrogens with two attached hydrogens (primary N) is 1. The maximum atomic E-state index is 13.0. The Kier molecular flexibility index (Phi) is 4.57. The molecule has 1 fully saturated rings. The highest BCUT2D eigenvalue weighted by Crippen LogP contribution is 2.36. The number of anilines is 1. The molecular weight excluding hydrogens is 342 g/mol. The van der Waals surface area contributed by atoms with E-state index in [9.17, 15) is 4.79 Å². The van der Waals surface area contributed by atoms with Crippen LogP contribution in [-0.2, 0) is 0 Å². The number of rotatable bonds is 2. The average Bonchev–Trinajstić information content (AvgIpc) is 2.82. The molecule has 0 radical (unpaired) electrons. The number of benzene rings is 1. The van der Waals surface area contributed by atoms with Crippen molar-refractivity contribution in [1.82, 2.24) is 9.88 Å². The van der Waals surface area contributed by atoms with Gasteiger partial charge in [-0.05, 0) is 42.5 Å². The Morgan fingerprint density at radius 1 is 1.15 bits per heavy atom. The van der Waals surface area contributed by atoms with Crippen LogP contribution in [-0.4, -0.2) is 28.9 Å². The van der Waals surface area contributed by atoms with E-state index < -0.39 is 0 Å². The first kappa shape index (κ1) is 17.3. The Bertz CT molecular complexity index is 968. The lowest BCUT2D eigenvalue weighted by atomic mass is 10.0. The number of nitrogens with zero attached hydrogens (tertiary/aromatic N) is 2. The number of likely N-dealkylation sites (tertiary alicyclic amines) is 1. The van der Waals surface area contributed by atoms with E-state index in [-0.39, 0.29) is 5.91 Å². The van der Waals surface area contributed by atoms with Gasteiger partial charge in [0.15, 0.2) is 0 Å². The SMILES string of the molecule is CC(C)c1ccc2nc3sc(C(=O)N4CCCCCC4)c(N)c3cc2c1. The van der Waals surface area contributed by atoms with Gasteiger partial charge < -0.3 is 10.6 Å². The molecule has 3 aromatic rings. The summed E-state index contributed by atoms with van der Waals surface area (Å²) in [5, 5.41) is 1.99. The summed E-state index contributed by atoms with van der Waals surface area (Å²) in [7, 11) is 0. The molecule has 3 heterocycles. The van der Waals surface area contributed by atoms with Gasteiger partial charge in [0, 0.05) is 23.9 Å². The van der Waals surface area contributed by atoms with Gasteiger partial charge in [-0.1, -0.05) is 32.8 Å². The standard InChI is InChI=1S/C21H25N3OS/c1-13(2)14-7-8-17-15(11-14)12-16-18(22)19(26-20(16)23-17)21(25)24-9-5-3-4-6-10-24/h7-8,11-13H,3-6,9-10,22H2,1-2H3. The number of aromatic nitrogens is 1. The molecule has 1 aromatic carbocycles. The van der Waals surface area contributed by atoms with E-state index in [0.717, 1.165) is 47.1 Å². The fourth-order valence-electron chi connectivity index (χ4n) is 3.66. The molecular formula is C21H25N3OS. The summed E-state index contributed by atoms with van der Waals surface area (Å²) in [6.45, 7) is 6.04. The van der Waals surface area contributed by atoms with Gasteiger partial charge in [-0.25, -0.2) is 4.98 Å². The van der Waals surface area contributed by atoms with E-state index in [2.05, 4.69) is 38.1 Å². The maximum Gasteiger partial charge on any atom is 0.266 e. The molecule has 1 aliphatic rings. The first-order valence-corrected chi connectivity index (χ1v) is 10.3. The van der Waals surface area contributed by atoms with Crippen LogP contribution in [0.4, 0.5) is 5.69 Å². The third-order valence-corrected chi connectivity index (χ3v) is 6.39. The van der Waals surface area contributed by atoms with Gasteiger partial charge in [-0.15, -0.1) is 11.3 Å². The van der Waals surface area contributed by atoms with Crippen molar-refractivity contribution in [1.29, 1.82) is 0 Å². The number of pyridine rings is 1. The molecule has 1 saturated heterocycles. The van der Waals surface area contributed by atoms with Gasteiger partial charge in [0.05, 0.1) is 11.2 Å². The van der Waals surface area contributed by atoms with Crippen molar-refractivity contribution >= 4 is 44.1 Å². The Hall–Kier alpha value is -2.14. The lowest BCUT2D eigenvalue weighted by Crippen LogP contribution is -2.31. The zero-order chi connectivity index (χ0) is 18.3. The molecule has 0 aliphatic carbocycles. The van der Waals surface area contributed by atoms with E-state index in [4.69, 9.17) is 10.7 Å². The fraction of sp³-hybridized carbons (Fsp3) is 0.429. The summed E-state index contributed by atoms with van der Waals surface area (Å²) in [6, 6.07) is 8.47. The zero-order valence-electron chi connectivity index (χ0n) is 15.4. The van der Waals surface area contributed by atoms with Crippen LogP contribution in [0.1, 0.15) is 60.7 Å². The molecule has 0 atom stereocenters. The van der Waals surface area contributed by atoms with Crippen molar-refractivity contribution in [2.24, 2.45) is 0 Å². The van der Waals surface area contributed by atoms with Crippen molar-refractivity contribution in [3.8, 4) is 0 Å². The van der Waals surface area contributed by atoms with Gasteiger partial charge in [0.25, 0.3) is 5.91 Å². The molecule has 2 aromatic heterocycles. The van der Waals surface area contributed by atoms with E-state index in [0.29, 0.717) is 16.5 Å². The first-order valence-electron chi connectivity index (χ1n) is 9.46. The normalized spacial score (nSPS) is 15.7. The number of carbonyl (C=O) groups is 1. The minimum absolute atomic E-state index is 0.0688.